The first-order chi connectivity index (χ1) is 14.7. The van der Waals surface area contributed by atoms with E-state index in [-0.39, 0.29) is 0 Å². The van der Waals surface area contributed by atoms with Crippen LogP contribution in [-0.4, -0.2) is 59.9 Å². The van der Waals surface area contributed by atoms with Crippen LogP contribution in [-0.2, 0) is 17.9 Å². The van der Waals surface area contributed by atoms with Gasteiger partial charge in [0.2, 0.25) is 5.91 Å². The number of halogens is 1. The molecule has 1 amide bonds. The lowest BCUT2D eigenvalue weighted by atomic mass is 9.93. The topological polar surface area (TPSA) is 26.8 Å². The molecule has 4 rings (SSSR count). The third kappa shape index (κ3) is 6.30. The van der Waals surface area contributed by atoms with Crippen LogP contribution in [0.5, 0.6) is 0 Å². The number of likely N-dealkylation sites (tertiary alicyclic amines) is 1. The summed E-state index contributed by atoms with van der Waals surface area (Å²) >= 11 is 7.75. The molecule has 2 aliphatic heterocycles. The lowest BCUT2D eigenvalue weighted by Crippen LogP contribution is -2.48. The molecule has 3 heterocycles. The molecule has 6 heteroatoms. The number of carbonyl (C=O) groups excluding carboxylic acids is 1. The zero-order valence-electron chi connectivity index (χ0n) is 17.6. The Morgan fingerprint density at radius 3 is 2.50 bits per heavy atom. The zero-order valence-corrected chi connectivity index (χ0v) is 19.2. The van der Waals surface area contributed by atoms with Crippen molar-refractivity contribution in [1.29, 1.82) is 0 Å². The fourth-order valence-corrected chi connectivity index (χ4v) is 5.80. The number of piperidine rings is 1. The van der Waals surface area contributed by atoms with Gasteiger partial charge in [-0.3, -0.25) is 14.6 Å². The molecular weight excluding hydrogens is 414 g/mol. The predicted molar refractivity (Wildman–Crippen MR) is 125 cm³/mol. The molecule has 0 N–H and O–H groups in total. The highest BCUT2D eigenvalue weighted by Crippen LogP contribution is 2.27. The van der Waals surface area contributed by atoms with Gasteiger partial charge in [0, 0.05) is 57.1 Å². The number of hydrogen-bond acceptors (Lipinski definition) is 4. The summed E-state index contributed by atoms with van der Waals surface area (Å²) in [5, 5.41) is 0. The van der Waals surface area contributed by atoms with Crippen molar-refractivity contribution in [2.75, 3.05) is 39.3 Å². The average Bonchev–Trinajstić information content (AvgIpc) is 3.18. The Labute approximate surface area is 189 Å². The Morgan fingerprint density at radius 1 is 0.967 bits per heavy atom. The molecule has 30 heavy (non-hydrogen) atoms. The van der Waals surface area contributed by atoms with Gasteiger partial charge < -0.3 is 4.90 Å². The largest absolute Gasteiger partial charge is 0.340 e. The summed E-state index contributed by atoms with van der Waals surface area (Å²) in [5.41, 5.74) is 1.35. The lowest BCUT2D eigenvalue weighted by molar-refractivity contribution is -0.133. The van der Waals surface area contributed by atoms with Crippen LogP contribution in [0.1, 0.15) is 36.1 Å². The normalized spacial score (nSPS) is 21.1. The van der Waals surface area contributed by atoms with Crippen LogP contribution < -0.4 is 0 Å². The highest BCUT2D eigenvalue weighted by Gasteiger charge is 2.24. The molecular formula is C24H32ClN3OS. The lowest BCUT2D eigenvalue weighted by Gasteiger charge is -2.36. The molecule has 0 radical (unpaired) electrons. The minimum absolute atomic E-state index is 0.344. The van der Waals surface area contributed by atoms with Gasteiger partial charge in [-0.2, -0.15) is 0 Å². The van der Waals surface area contributed by atoms with Crippen molar-refractivity contribution in [2.24, 2.45) is 5.92 Å². The SMILES string of the molecule is O=C(CC[C@@H]1CCCN(Cc2ccc(Cl)s2)C1)N1CCN(Cc2ccccc2)CC1. The van der Waals surface area contributed by atoms with Crippen molar-refractivity contribution in [2.45, 2.75) is 38.8 Å². The Balaban J connectivity index is 1.16. The van der Waals surface area contributed by atoms with E-state index in [4.69, 9.17) is 11.6 Å². The van der Waals surface area contributed by atoms with E-state index in [1.807, 2.05) is 6.07 Å². The van der Waals surface area contributed by atoms with E-state index in [1.165, 1.54) is 23.3 Å². The zero-order chi connectivity index (χ0) is 20.8. The van der Waals surface area contributed by atoms with Crippen LogP contribution in [0.4, 0.5) is 0 Å². The molecule has 162 valence electrons. The molecule has 1 aromatic heterocycles. The van der Waals surface area contributed by atoms with Crippen LogP contribution in [0.25, 0.3) is 0 Å². The third-order valence-electron chi connectivity index (χ3n) is 6.35. The van der Waals surface area contributed by atoms with Gasteiger partial charge >= 0.3 is 0 Å². The van der Waals surface area contributed by atoms with Gasteiger partial charge in [0.25, 0.3) is 0 Å². The molecule has 0 saturated carbocycles. The van der Waals surface area contributed by atoms with Crippen molar-refractivity contribution in [3.63, 3.8) is 0 Å². The highest BCUT2D eigenvalue weighted by atomic mass is 35.5. The summed E-state index contributed by atoms with van der Waals surface area (Å²) in [6, 6.07) is 14.7. The number of piperazine rings is 1. The van der Waals surface area contributed by atoms with Gasteiger partial charge in [-0.05, 0) is 49.4 Å². The number of rotatable bonds is 7. The minimum Gasteiger partial charge on any atom is -0.340 e. The summed E-state index contributed by atoms with van der Waals surface area (Å²) in [7, 11) is 0. The maximum Gasteiger partial charge on any atom is 0.222 e. The van der Waals surface area contributed by atoms with E-state index >= 15 is 0 Å². The third-order valence-corrected chi connectivity index (χ3v) is 7.57. The van der Waals surface area contributed by atoms with E-state index in [1.54, 1.807) is 11.3 Å². The van der Waals surface area contributed by atoms with Crippen molar-refractivity contribution in [3.8, 4) is 0 Å². The van der Waals surface area contributed by atoms with Crippen molar-refractivity contribution >= 4 is 28.8 Å². The van der Waals surface area contributed by atoms with Crippen molar-refractivity contribution in [3.05, 3.63) is 57.2 Å². The number of thiophene rings is 1. The smallest absolute Gasteiger partial charge is 0.222 e. The fraction of sp³-hybridized carbons (Fsp3) is 0.542. The van der Waals surface area contributed by atoms with Gasteiger partial charge in [-0.1, -0.05) is 41.9 Å². The second-order valence-electron chi connectivity index (χ2n) is 8.63. The summed E-state index contributed by atoms with van der Waals surface area (Å²) in [6.07, 6.45) is 4.20. The first-order valence-electron chi connectivity index (χ1n) is 11.2. The number of nitrogens with zero attached hydrogens (tertiary/aromatic N) is 3. The molecule has 1 atom stereocenters. The van der Waals surface area contributed by atoms with E-state index in [0.29, 0.717) is 18.2 Å². The molecule has 2 aromatic rings. The van der Waals surface area contributed by atoms with Crippen LogP contribution >= 0.6 is 22.9 Å². The average molecular weight is 446 g/mol. The Morgan fingerprint density at radius 2 is 1.77 bits per heavy atom. The van der Waals surface area contributed by atoms with Gasteiger partial charge in [0.05, 0.1) is 4.34 Å². The predicted octanol–water partition coefficient (Wildman–Crippen LogP) is 4.74. The summed E-state index contributed by atoms with van der Waals surface area (Å²) in [4.78, 5) is 21.2. The minimum atomic E-state index is 0.344. The first kappa shape index (κ1) is 21.8. The summed E-state index contributed by atoms with van der Waals surface area (Å²) in [5.74, 6) is 0.981. The second kappa shape index (κ2) is 10.8. The van der Waals surface area contributed by atoms with Crippen molar-refractivity contribution < 1.29 is 4.79 Å². The maximum absolute atomic E-state index is 12.8. The number of hydrogen-bond donors (Lipinski definition) is 0. The van der Waals surface area contributed by atoms with Crippen LogP contribution in [0.2, 0.25) is 4.34 Å². The second-order valence-corrected chi connectivity index (χ2v) is 10.4. The molecule has 0 spiro atoms. The quantitative estimate of drug-likeness (QED) is 0.615. The summed E-state index contributed by atoms with van der Waals surface area (Å²) in [6.45, 7) is 7.91. The van der Waals surface area contributed by atoms with Crippen LogP contribution in [0, 0.1) is 5.92 Å². The molecule has 2 saturated heterocycles. The molecule has 1 aromatic carbocycles. The number of amides is 1. The molecule has 0 aliphatic carbocycles. The standard InChI is InChI=1S/C24H32ClN3OS/c25-23-10-9-22(30-23)19-27-12-4-7-21(18-27)8-11-24(29)28-15-13-26(14-16-28)17-20-5-2-1-3-6-20/h1-3,5-6,9-10,21H,4,7-8,11-19H2/t21-/m0/s1. The first-order valence-corrected chi connectivity index (χ1v) is 12.4. The van der Waals surface area contributed by atoms with E-state index in [9.17, 15) is 4.79 Å². The van der Waals surface area contributed by atoms with Gasteiger partial charge in [0.15, 0.2) is 0 Å². The van der Waals surface area contributed by atoms with Gasteiger partial charge in [-0.15, -0.1) is 11.3 Å². The molecule has 0 unspecified atom stereocenters. The van der Waals surface area contributed by atoms with Crippen LogP contribution in [0.3, 0.4) is 0 Å². The van der Waals surface area contributed by atoms with E-state index in [0.717, 1.165) is 63.1 Å². The fourth-order valence-electron chi connectivity index (χ4n) is 4.67. The Kier molecular flexibility index (Phi) is 7.83. The van der Waals surface area contributed by atoms with Gasteiger partial charge in [0.1, 0.15) is 0 Å². The number of benzene rings is 1. The van der Waals surface area contributed by atoms with Crippen molar-refractivity contribution in [1.82, 2.24) is 14.7 Å². The van der Waals surface area contributed by atoms with E-state index in [2.05, 4.69) is 51.1 Å². The summed E-state index contributed by atoms with van der Waals surface area (Å²) < 4.78 is 0.869. The monoisotopic (exact) mass is 445 g/mol. The molecule has 0 bridgehead atoms. The van der Waals surface area contributed by atoms with E-state index < -0.39 is 0 Å². The molecule has 4 nitrogen and oxygen atoms in total. The van der Waals surface area contributed by atoms with Gasteiger partial charge in [-0.25, -0.2) is 0 Å². The van der Waals surface area contributed by atoms with Crippen LogP contribution in [0.15, 0.2) is 42.5 Å². The molecule has 2 aliphatic rings. The Bertz CT molecular complexity index is 804. The maximum atomic E-state index is 12.8. The number of carbonyl (C=O) groups is 1. The molecule has 2 fully saturated rings. The highest BCUT2D eigenvalue weighted by molar-refractivity contribution is 7.16. The Hall–Kier alpha value is -1.40.